The molecule has 0 aromatic carbocycles. The third-order valence-corrected chi connectivity index (χ3v) is 1.21. The first-order valence-electron chi connectivity index (χ1n) is 3.61. The number of hydrogen-bond acceptors (Lipinski definition) is 7. The third kappa shape index (κ3) is 2.73. The van der Waals surface area contributed by atoms with E-state index >= 15 is 0 Å². The molecule has 0 fully saturated rings. The lowest BCUT2D eigenvalue weighted by Gasteiger charge is -2.05. The summed E-state index contributed by atoms with van der Waals surface area (Å²) in [6, 6.07) is 1.48. The van der Waals surface area contributed by atoms with Gasteiger partial charge in [-0.25, -0.2) is 5.84 Å². The van der Waals surface area contributed by atoms with Gasteiger partial charge in [0.2, 0.25) is 11.8 Å². The fraction of sp³-hybridized carbons (Fsp3) is 0.333. The Hall–Kier alpha value is -1.60. The van der Waals surface area contributed by atoms with Gasteiger partial charge in [-0.05, 0) is 0 Å². The van der Waals surface area contributed by atoms with Gasteiger partial charge in [0.15, 0.2) is 0 Å². The molecule has 0 amide bonds. The molecule has 72 valence electrons. The van der Waals surface area contributed by atoms with Gasteiger partial charge >= 0.3 is 0 Å². The molecule has 0 bridgehead atoms. The van der Waals surface area contributed by atoms with E-state index in [4.69, 9.17) is 21.4 Å². The lowest BCUT2D eigenvalue weighted by atomic mass is 10.5. The van der Waals surface area contributed by atoms with Crippen molar-refractivity contribution in [1.29, 1.82) is 0 Å². The van der Waals surface area contributed by atoms with Crippen molar-refractivity contribution >= 4 is 11.8 Å². The topological polar surface area (TPSA) is 119 Å². The van der Waals surface area contributed by atoms with E-state index in [9.17, 15) is 0 Å². The summed E-state index contributed by atoms with van der Waals surface area (Å²) < 4.78 is 5.00. The highest BCUT2D eigenvalue weighted by Crippen LogP contribution is 2.12. The van der Waals surface area contributed by atoms with E-state index in [-0.39, 0.29) is 25.0 Å². The number of anilines is 2. The standard InChI is InChI=1S/C6H11N5O2/c7-6-9-4(11-8)3-5(10-6)13-2-1-12/h3,12H,1-2,8H2,(H3,7,9,10,11). The van der Waals surface area contributed by atoms with E-state index in [0.29, 0.717) is 5.82 Å². The normalized spacial score (nSPS) is 9.69. The summed E-state index contributed by atoms with van der Waals surface area (Å²) in [5.41, 5.74) is 7.66. The summed E-state index contributed by atoms with van der Waals surface area (Å²) in [5.74, 6) is 5.81. The Kier molecular flexibility index (Phi) is 3.23. The van der Waals surface area contributed by atoms with Gasteiger partial charge in [0.05, 0.1) is 6.61 Å². The van der Waals surface area contributed by atoms with Crippen LogP contribution in [-0.4, -0.2) is 28.3 Å². The fourth-order valence-corrected chi connectivity index (χ4v) is 0.741. The molecule has 0 aliphatic carbocycles. The molecule has 13 heavy (non-hydrogen) atoms. The van der Waals surface area contributed by atoms with Crippen molar-refractivity contribution in [3.8, 4) is 5.88 Å². The fourth-order valence-electron chi connectivity index (χ4n) is 0.741. The van der Waals surface area contributed by atoms with Gasteiger partial charge < -0.3 is 21.0 Å². The maximum atomic E-state index is 8.48. The molecule has 0 atom stereocenters. The zero-order valence-electron chi connectivity index (χ0n) is 6.90. The van der Waals surface area contributed by atoms with E-state index in [1.807, 2.05) is 0 Å². The number of nitrogen functional groups attached to an aromatic ring is 2. The number of ether oxygens (including phenoxy) is 1. The smallest absolute Gasteiger partial charge is 0.225 e. The number of nitrogens with one attached hydrogen (secondary N) is 1. The lowest BCUT2D eigenvalue weighted by molar-refractivity contribution is 0.197. The monoisotopic (exact) mass is 185 g/mol. The van der Waals surface area contributed by atoms with Crippen molar-refractivity contribution in [2.45, 2.75) is 0 Å². The molecule has 1 aromatic heterocycles. The van der Waals surface area contributed by atoms with Gasteiger partial charge in [-0.15, -0.1) is 0 Å². The summed E-state index contributed by atoms with van der Waals surface area (Å²) in [5, 5.41) is 8.48. The molecule has 1 heterocycles. The Balaban J connectivity index is 2.76. The number of hydrazine groups is 1. The SMILES string of the molecule is NNc1cc(OCCO)nc(N)n1. The van der Waals surface area contributed by atoms with Crippen molar-refractivity contribution in [2.24, 2.45) is 5.84 Å². The zero-order valence-corrected chi connectivity index (χ0v) is 6.90. The van der Waals surface area contributed by atoms with Crippen LogP contribution in [0.15, 0.2) is 6.07 Å². The van der Waals surface area contributed by atoms with Crippen molar-refractivity contribution in [2.75, 3.05) is 24.4 Å². The molecule has 1 rings (SSSR count). The molecule has 0 aliphatic rings. The summed E-state index contributed by atoms with van der Waals surface area (Å²) in [6.45, 7) is 0.0652. The lowest BCUT2D eigenvalue weighted by Crippen LogP contribution is -2.11. The molecule has 0 spiro atoms. The van der Waals surface area contributed by atoms with Crippen molar-refractivity contribution in [3.05, 3.63) is 6.07 Å². The van der Waals surface area contributed by atoms with Crippen LogP contribution >= 0.6 is 0 Å². The maximum absolute atomic E-state index is 8.48. The predicted molar refractivity (Wildman–Crippen MR) is 46.8 cm³/mol. The zero-order chi connectivity index (χ0) is 9.68. The molecule has 0 saturated heterocycles. The molecule has 0 unspecified atom stereocenters. The Morgan fingerprint density at radius 3 is 2.92 bits per heavy atom. The number of nitrogens with zero attached hydrogens (tertiary/aromatic N) is 2. The molecule has 7 nitrogen and oxygen atoms in total. The first-order chi connectivity index (χ1) is 6.26. The first-order valence-corrected chi connectivity index (χ1v) is 3.61. The number of aromatic nitrogens is 2. The van der Waals surface area contributed by atoms with Gasteiger partial charge in [0.25, 0.3) is 0 Å². The average molecular weight is 185 g/mol. The summed E-state index contributed by atoms with van der Waals surface area (Å²) in [4.78, 5) is 7.51. The molecular weight excluding hydrogens is 174 g/mol. The highest BCUT2D eigenvalue weighted by Gasteiger charge is 2.01. The van der Waals surface area contributed by atoms with Crippen LogP contribution in [0.1, 0.15) is 0 Å². The van der Waals surface area contributed by atoms with Crippen LogP contribution in [0.5, 0.6) is 5.88 Å². The molecule has 0 saturated carbocycles. The van der Waals surface area contributed by atoms with Crippen molar-refractivity contribution in [1.82, 2.24) is 9.97 Å². The summed E-state index contributed by atoms with van der Waals surface area (Å²) >= 11 is 0. The van der Waals surface area contributed by atoms with Crippen molar-refractivity contribution in [3.63, 3.8) is 0 Å². The summed E-state index contributed by atoms with van der Waals surface area (Å²) in [6.07, 6.45) is 0. The number of nitrogens with two attached hydrogens (primary N) is 2. The van der Waals surface area contributed by atoms with E-state index < -0.39 is 0 Å². The van der Waals surface area contributed by atoms with E-state index in [1.54, 1.807) is 0 Å². The molecule has 0 aliphatic heterocycles. The minimum atomic E-state index is -0.0880. The number of aliphatic hydroxyl groups excluding tert-OH is 1. The van der Waals surface area contributed by atoms with Gasteiger partial charge in [-0.1, -0.05) is 0 Å². The highest BCUT2D eigenvalue weighted by molar-refractivity contribution is 5.41. The van der Waals surface area contributed by atoms with Gasteiger partial charge in [-0.2, -0.15) is 9.97 Å². The van der Waals surface area contributed by atoms with E-state index in [1.165, 1.54) is 6.07 Å². The minimum Gasteiger partial charge on any atom is -0.475 e. The van der Waals surface area contributed by atoms with Crippen LogP contribution in [0.25, 0.3) is 0 Å². The van der Waals surface area contributed by atoms with Crippen LogP contribution < -0.4 is 21.7 Å². The Morgan fingerprint density at radius 1 is 1.54 bits per heavy atom. The number of hydrogen-bond donors (Lipinski definition) is 4. The Labute approximate surface area is 74.7 Å². The third-order valence-electron chi connectivity index (χ3n) is 1.21. The van der Waals surface area contributed by atoms with E-state index in [0.717, 1.165) is 0 Å². The Morgan fingerprint density at radius 2 is 2.31 bits per heavy atom. The van der Waals surface area contributed by atoms with Crippen LogP contribution in [0.3, 0.4) is 0 Å². The molecule has 0 radical (unpaired) electrons. The van der Waals surface area contributed by atoms with Gasteiger partial charge in [0, 0.05) is 6.07 Å². The van der Waals surface area contributed by atoms with Gasteiger partial charge in [0.1, 0.15) is 12.4 Å². The second-order valence-corrected chi connectivity index (χ2v) is 2.17. The molecule has 7 heteroatoms. The second-order valence-electron chi connectivity index (χ2n) is 2.17. The van der Waals surface area contributed by atoms with E-state index in [2.05, 4.69) is 15.4 Å². The van der Waals surface area contributed by atoms with Crippen LogP contribution in [0.4, 0.5) is 11.8 Å². The molecule has 1 aromatic rings. The largest absolute Gasteiger partial charge is 0.475 e. The number of aliphatic hydroxyl groups is 1. The highest BCUT2D eigenvalue weighted by atomic mass is 16.5. The molecule has 6 N–H and O–H groups in total. The minimum absolute atomic E-state index is 0.0587. The average Bonchev–Trinajstić information content (AvgIpc) is 2.14. The van der Waals surface area contributed by atoms with Crippen molar-refractivity contribution < 1.29 is 9.84 Å². The predicted octanol–water partition coefficient (Wildman–Crippen LogP) is -1.28. The summed E-state index contributed by atoms with van der Waals surface area (Å²) in [7, 11) is 0. The van der Waals surface area contributed by atoms with Crippen LogP contribution in [-0.2, 0) is 0 Å². The van der Waals surface area contributed by atoms with Crippen LogP contribution in [0, 0.1) is 0 Å². The second kappa shape index (κ2) is 4.43. The maximum Gasteiger partial charge on any atom is 0.225 e. The first kappa shape index (κ1) is 9.49. The van der Waals surface area contributed by atoms with Gasteiger partial charge in [-0.3, -0.25) is 0 Å². The quantitative estimate of drug-likeness (QED) is 0.340. The van der Waals surface area contributed by atoms with Crippen LogP contribution in [0.2, 0.25) is 0 Å². The Bertz CT molecular complexity index is 280. The number of rotatable bonds is 4. The molecular formula is C6H11N5O2.